The van der Waals surface area contributed by atoms with Gasteiger partial charge in [-0.2, -0.15) is 0 Å². The minimum atomic E-state index is 0.0591. The fourth-order valence-corrected chi connectivity index (χ4v) is 2.95. The number of rotatable bonds is 3. The van der Waals surface area contributed by atoms with Gasteiger partial charge < -0.3 is 11.1 Å². The van der Waals surface area contributed by atoms with Crippen molar-refractivity contribution >= 4 is 5.69 Å². The van der Waals surface area contributed by atoms with Gasteiger partial charge in [-0.05, 0) is 31.9 Å². The first-order valence-corrected chi connectivity index (χ1v) is 6.73. The number of nitrogens with zero attached hydrogens (tertiary/aromatic N) is 1. The van der Waals surface area contributed by atoms with E-state index in [1.165, 1.54) is 37.7 Å². The van der Waals surface area contributed by atoms with Crippen LogP contribution in [0.5, 0.6) is 0 Å². The highest BCUT2D eigenvalue weighted by atomic mass is 15.0. The quantitative estimate of drug-likeness (QED) is 0.844. The van der Waals surface area contributed by atoms with Crippen molar-refractivity contribution < 1.29 is 0 Å². The van der Waals surface area contributed by atoms with Gasteiger partial charge in [0.15, 0.2) is 0 Å². The minimum absolute atomic E-state index is 0.0591. The molecular formula is C14H23N3. The largest absolute Gasteiger partial charge is 0.398 e. The third-order valence-electron chi connectivity index (χ3n) is 3.79. The Hall–Kier alpha value is -1.09. The Labute approximate surface area is 104 Å². The van der Waals surface area contributed by atoms with Crippen LogP contribution in [0.2, 0.25) is 0 Å². The second-order valence-electron chi connectivity index (χ2n) is 5.03. The molecule has 0 aromatic carbocycles. The molecule has 0 amide bonds. The van der Waals surface area contributed by atoms with E-state index in [1.54, 1.807) is 6.20 Å². The lowest BCUT2D eigenvalue weighted by molar-refractivity contribution is 0.297. The Morgan fingerprint density at radius 2 is 2.29 bits per heavy atom. The monoisotopic (exact) mass is 233 g/mol. The van der Waals surface area contributed by atoms with Gasteiger partial charge in [-0.15, -0.1) is 0 Å². The Morgan fingerprint density at radius 1 is 1.41 bits per heavy atom. The van der Waals surface area contributed by atoms with Gasteiger partial charge in [0.1, 0.15) is 0 Å². The fraction of sp³-hybridized carbons (Fsp3) is 0.643. The molecule has 0 aliphatic carbocycles. The summed E-state index contributed by atoms with van der Waals surface area (Å²) < 4.78 is 0. The smallest absolute Gasteiger partial charge is 0.0470 e. The van der Waals surface area contributed by atoms with Gasteiger partial charge >= 0.3 is 0 Å². The molecule has 1 aliphatic heterocycles. The van der Waals surface area contributed by atoms with Crippen LogP contribution >= 0.6 is 0 Å². The van der Waals surface area contributed by atoms with E-state index in [1.807, 2.05) is 12.3 Å². The molecule has 1 aromatic heterocycles. The third-order valence-corrected chi connectivity index (χ3v) is 3.79. The van der Waals surface area contributed by atoms with Crippen LogP contribution in [0, 0.1) is 0 Å². The molecule has 3 nitrogen and oxygen atoms in total. The molecule has 3 N–H and O–H groups in total. The second kappa shape index (κ2) is 5.50. The molecule has 0 spiro atoms. The van der Waals surface area contributed by atoms with Crippen LogP contribution in [0.3, 0.4) is 0 Å². The number of nitrogens with two attached hydrogens (primary N) is 1. The van der Waals surface area contributed by atoms with E-state index in [2.05, 4.69) is 17.2 Å². The summed E-state index contributed by atoms with van der Waals surface area (Å²) in [7, 11) is 0. The Kier molecular flexibility index (Phi) is 4.00. The molecule has 94 valence electrons. The van der Waals surface area contributed by atoms with Gasteiger partial charge in [-0.25, -0.2) is 0 Å². The first-order valence-electron chi connectivity index (χ1n) is 6.73. The Morgan fingerprint density at radius 3 is 3.06 bits per heavy atom. The summed E-state index contributed by atoms with van der Waals surface area (Å²) in [6.07, 6.45) is 11.1. The molecule has 2 heterocycles. The zero-order chi connectivity index (χ0) is 12.1. The normalized spacial score (nSPS) is 25.5. The van der Waals surface area contributed by atoms with E-state index in [-0.39, 0.29) is 5.54 Å². The first-order chi connectivity index (χ1) is 8.28. The van der Waals surface area contributed by atoms with Crippen molar-refractivity contribution in [3.63, 3.8) is 0 Å². The highest BCUT2D eigenvalue weighted by molar-refractivity contribution is 5.48. The van der Waals surface area contributed by atoms with E-state index in [0.717, 1.165) is 18.7 Å². The number of nitrogens with one attached hydrogen (secondary N) is 1. The maximum Gasteiger partial charge on any atom is 0.0470 e. The van der Waals surface area contributed by atoms with Gasteiger partial charge in [-0.3, -0.25) is 4.98 Å². The highest BCUT2D eigenvalue weighted by Crippen LogP contribution is 2.36. The molecule has 3 heteroatoms. The molecule has 1 unspecified atom stereocenters. The van der Waals surface area contributed by atoms with E-state index < -0.39 is 0 Å². The van der Waals surface area contributed by atoms with Crippen LogP contribution in [-0.2, 0) is 5.54 Å². The molecule has 1 aromatic rings. The maximum absolute atomic E-state index is 6.14. The average Bonchev–Trinajstić information content (AvgIpc) is 2.57. The van der Waals surface area contributed by atoms with Crippen molar-refractivity contribution in [1.29, 1.82) is 0 Å². The van der Waals surface area contributed by atoms with Crippen LogP contribution in [0.25, 0.3) is 0 Å². The molecule has 0 saturated carbocycles. The Bertz CT molecular complexity index is 354. The van der Waals surface area contributed by atoms with Crippen molar-refractivity contribution in [3.8, 4) is 0 Å². The SMILES string of the molecule is CCCC1(c2cnccc2N)CCCCCN1. The van der Waals surface area contributed by atoms with Crippen LogP contribution in [0.4, 0.5) is 5.69 Å². The molecule has 1 aliphatic rings. The van der Waals surface area contributed by atoms with Crippen LogP contribution < -0.4 is 11.1 Å². The van der Waals surface area contributed by atoms with E-state index >= 15 is 0 Å². The van der Waals surface area contributed by atoms with Crippen LogP contribution in [0.15, 0.2) is 18.5 Å². The van der Waals surface area contributed by atoms with Crippen LogP contribution in [0.1, 0.15) is 51.0 Å². The lowest BCUT2D eigenvalue weighted by Gasteiger charge is -2.35. The summed E-state index contributed by atoms with van der Waals surface area (Å²) in [6.45, 7) is 3.33. The number of pyridine rings is 1. The lowest BCUT2D eigenvalue weighted by atomic mass is 9.82. The second-order valence-corrected chi connectivity index (χ2v) is 5.03. The summed E-state index contributed by atoms with van der Waals surface area (Å²) in [5.41, 5.74) is 8.27. The van der Waals surface area contributed by atoms with E-state index in [9.17, 15) is 0 Å². The summed E-state index contributed by atoms with van der Waals surface area (Å²) in [6, 6.07) is 1.92. The first kappa shape index (κ1) is 12.4. The summed E-state index contributed by atoms with van der Waals surface area (Å²) in [5.74, 6) is 0. The standard InChI is InChI=1S/C14H23N3/c1-2-7-14(8-4-3-5-9-17-14)12-11-16-10-6-13(12)15/h6,10-11,17H,2-5,7-9H2,1H3,(H2,15,16). The van der Waals surface area contributed by atoms with Crippen molar-refractivity contribution in [2.75, 3.05) is 12.3 Å². The van der Waals surface area contributed by atoms with Crippen molar-refractivity contribution in [2.24, 2.45) is 0 Å². The molecule has 1 atom stereocenters. The summed E-state index contributed by atoms with van der Waals surface area (Å²) >= 11 is 0. The highest BCUT2D eigenvalue weighted by Gasteiger charge is 2.33. The molecule has 0 radical (unpaired) electrons. The topological polar surface area (TPSA) is 50.9 Å². The number of hydrogen-bond acceptors (Lipinski definition) is 3. The number of anilines is 1. The molecule has 1 saturated heterocycles. The molecule has 17 heavy (non-hydrogen) atoms. The van der Waals surface area contributed by atoms with Gasteiger partial charge in [0.05, 0.1) is 0 Å². The minimum Gasteiger partial charge on any atom is -0.398 e. The zero-order valence-electron chi connectivity index (χ0n) is 10.7. The summed E-state index contributed by atoms with van der Waals surface area (Å²) in [4.78, 5) is 4.26. The predicted octanol–water partition coefficient (Wildman–Crippen LogP) is 2.82. The van der Waals surface area contributed by atoms with Gasteiger partial charge in [-0.1, -0.05) is 26.2 Å². The molecule has 0 bridgehead atoms. The molecular weight excluding hydrogens is 210 g/mol. The van der Waals surface area contributed by atoms with Gasteiger partial charge in [0, 0.05) is 29.2 Å². The summed E-state index contributed by atoms with van der Waals surface area (Å²) in [5, 5.41) is 3.73. The van der Waals surface area contributed by atoms with E-state index in [0.29, 0.717) is 0 Å². The number of aromatic nitrogens is 1. The zero-order valence-corrected chi connectivity index (χ0v) is 10.7. The molecule has 1 fully saturated rings. The average molecular weight is 233 g/mol. The maximum atomic E-state index is 6.14. The van der Waals surface area contributed by atoms with Crippen molar-refractivity contribution in [2.45, 2.75) is 51.0 Å². The van der Waals surface area contributed by atoms with Crippen LogP contribution in [-0.4, -0.2) is 11.5 Å². The predicted molar refractivity (Wildman–Crippen MR) is 71.7 cm³/mol. The Balaban J connectivity index is 2.35. The molecule has 2 rings (SSSR count). The van der Waals surface area contributed by atoms with Crippen molar-refractivity contribution in [1.82, 2.24) is 10.3 Å². The van der Waals surface area contributed by atoms with Crippen molar-refractivity contribution in [3.05, 3.63) is 24.0 Å². The van der Waals surface area contributed by atoms with Gasteiger partial charge in [0.25, 0.3) is 0 Å². The number of hydrogen-bond donors (Lipinski definition) is 2. The third kappa shape index (κ3) is 2.60. The fourth-order valence-electron chi connectivity index (χ4n) is 2.95. The number of nitrogen functional groups attached to an aromatic ring is 1. The lowest BCUT2D eigenvalue weighted by Crippen LogP contribution is -2.42. The van der Waals surface area contributed by atoms with E-state index in [4.69, 9.17) is 5.73 Å². The van der Waals surface area contributed by atoms with Gasteiger partial charge in [0.2, 0.25) is 0 Å².